The van der Waals surface area contributed by atoms with Gasteiger partial charge in [-0.05, 0) is 19.1 Å². The van der Waals surface area contributed by atoms with Crippen molar-refractivity contribution >= 4 is 15.9 Å². The second-order valence-electron chi connectivity index (χ2n) is 5.59. The maximum atomic E-state index is 12.4. The molecule has 1 amide bonds. The Morgan fingerprint density at radius 3 is 2.78 bits per heavy atom. The minimum absolute atomic E-state index is 0.0400. The van der Waals surface area contributed by atoms with E-state index < -0.39 is 22.2 Å². The van der Waals surface area contributed by atoms with Crippen LogP contribution in [0.1, 0.15) is 17.3 Å². The molecule has 2 rings (SSSR count). The topological polar surface area (TPSA) is 95.9 Å². The van der Waals surface area contributed by atoms with Crippen molar-refractivity contribution in [3.05, 3.63) is 35.9 Å². The summed E-state index contributed by atoms with van der Waals surface area (Å²) in [7, 11) is -3.56. The van der Waals surface area contributed by atoms with Gasteiger partial charge in [-0.25, -0.2) is 13.1 Å². The number of nitrogens with zero attached hydrogens (tertiary/aromatic N) is 1. The molecule has 0 unspecified atom stereocenters. The summed E-state index contributed by atoms with van der Waals surface area (Å²) in [6, 6.07) is 8.87. The maximum absolute atomic E-state index is 12.4. The van der Waals surface area contributed by atoms with Gasteiger partial charge in [0.25, 0.3) is 5.91 Å². The Kier molecular flexibility index (Phi) is 6.11. The third-order valence-electron chi connectivity index (χ3n) is 3.45. The van der Waals surface area contributed by atoms with Crippen LogP contribution in [0.2, 0.25) is 0 Å². The number of ether oxygens (including phenoxy) is 1. The molecule has 2 N–H and O–H groups in total. The lowest BCUT2D eigenvalue weighted by molar-refractivity contribution is -0.0110. The van der Waals surface area contributed by atoms with Crippen LogP contribution in [-0.2, 0) is 14.8 Å². The van der Waals surface area contributed by atoms with Crippen molar-refractivity contribution < 1.29 is 23.1 Å². The van der Waals surface area contributed by atoms with E-state index in [0.29, 0.717) is 18.7 Å². The van der Waals surface area contributed by atoms with Crippen LogP contribution in [0.15, 0.2) is 30.3 Å². The molecular formula is C15H22N2O5S. The molecule has 0 aromatic heterocycles. The van der Waals surface area contributed by atoms with Gasteiger partial charge in [0, 0.05) is 25.2 Å². The van der Waals surface area contributed by atoms with E-state index in [1.165, 1.54) is 6.92 Å². The molecule has 23 heavy (non-hydrogen) atoms. The van der Waals surface area contributed by atoms with E-state index in [1.54, 1.807) is 29.2 Å². The van der Waals surface area contributed by atoms with Gasteiger partial charge in [-0.3, -0.25) is 4.79 Å². The van der Waals surface area contributed by atoms with Gasteiger partial charge in [-0.1, -0.05) is 18.2 Å². The van der Waals surface area contributed by atoms with E-state index in [4.69, 9.17) is 9.84 Å². The van der Waals surface area contributed by atoms with Crippen LogP contribution >= 0.6 is 0 Å². The summed E-state index contributed by atoms with van der Waals surface area (Å²) in [5.41, 5.74) is 0.572. The van der Waals surface area contributed by atoms with E-state index in [9.17, 15) is 13.2 Å². The van der Waals surface area contributed by atoms with Crippen molar-refractivity contribution in [2.45, 2.75) is 19.1 Å². The first kappa shape index (κ1) is 17.9. The standard InChI is InChI=1S/C15H22N2O5S/c1-12(18)9-16-23(20,21)11-14-10-17(7-8-22-14)15(19)13-5-3-2-4-6-13/h2-6,12,14,16,18H,7-11H2,1H3/t12-,14-/m1/s1. The zero-order valence-electron chi connectivity index (χ0n) is 13.0. The molecule has 0 aliphatic carbocycles. The normalized spacial score (nSPS) is 20.3. The minimum atomic E-state index is -3.56. The molecule has 2 atom stereocenters. The Hall–Kier alpha value is -1.48. The maximum Gasteiger partial charge on any atom is 0.254 e. The number of rotatable bonds is 6. The largest absolute Gasteiger partial charge is 0.392 e. The number of morpholine rings is 1. The first-order chi connectivity index (χ1) is 10.9. The fourth-order valence-corrected chi connectivity index (χ4v) is 3.62. The first-order valence-corrected chi connectivity index (χ1v) is 9.14. The molecule has 7 nitrogen and oxygen atoms in total. The zero-order chi connectivity index (χ0) is 16.9. The lowest BCUT2D eigenvalue weighted by Crippen LogP contribution is -2.49. The Balaban J connectivity index is 1.94. The summed E-state index contributed by atoms with van der Waals surface area (Å²) in [5, 5.41) is 9.15. The van der Waals surface area contributed by atoms with Crippen molar-refractivity contribution in [2.24, 2.45) is 0 Å². The number of nitrogens with one attached hydrogen (secondary N) is 1. The molecule has 1 aliphatic heterocycles. The van der Waals surface area contributed by atoms with Gasteiger partial charge in [-0.2, -0.15) is 0 Å². The number of hydrogen-bond acceptors (Lipinski definition) is 5. The van der Waals surface area contributed by atoms with E-state index in [-0.39, 0.29) is 24.7 Å². The lowest BCUT2D eigenvalue weighted by Gasteiger charge is -2.33. The van der Waals surface area contributed by atoms with E-state index in [0.717, 1.165) is 0 Å². The van der Waals surface area contributed by atoms with Crippen LogP contribution in [0.4, 0.5) is 0 Å². The van der Waals surface area contributed by atoms with Crippen LogP contribution in [0.3, 0.4) is 0 Å². The van der Waals surface area contributed by atoms with Gasteiger partial charge in [0.2, 0.25) is 10.0 Å². The second kappa shape index (κ2) is 7.87. The fraction of sp³-hybridized carbons (Fsp3) is 0.533. The third-order valence-corrected chi connectivity index (χ3v) is 4.87. The monoisotopic (exact) mass is 342 g/mol. The summed E-state index contributed by atoms with van der Waals surface area (Å²) < 4.78 is 31.7. The van der Waals surface area contributed by atoms with Crippen LogP contribution in [-0.4, -0.2) is 68.5 Å². The van der Waals surface area contributed by atoms with Crippen molar-refractivity contribution in [3.8, 4) is 0 Å². The van der Waals surface area contributed by atoms with E-state index in [2.05, 4.69) is 4.72 Å². The number of amides is 1. The summed E-state index contributed by atoms with van der Waals surface area (Å²) in [5.74, 6) is -0.369. The Morgan fingerprint density at radius 2 is 2.13 bits per heavy atom. The molecule has 0 bridgehead atoms. The molecule has 1 fully saturated rings. The minimum Gasteiger partial charge on any atom is -0.392 e. The summed E-state index contributed by atoms with van der Waals surface area (Å²) in [6.45, 7) is 2.42. The smallest absolute Gasteiger partial charge is 0.254 e. The first-order valence-electron chi connectivity index (χ1n) is 7.49. The van der Waals surface area contributed by atoms with Crippen LogP contribution in [0.25, 0.3) is 0 Å². The van der Waals surface area contributed by atoms with Crippen molar-refractivity contribution in [1.29, 1.82) is 0 Å². The number of aliphatic hydroxyl groups excluding tert-OH is 1. The van der Waals surface area contributed by atoms with Crippen LogP contribution in [0, 0.1) is 0 Å². The molecule has 0 radical (unpaired) electrons. The van der Waals surface area contributed by atoms with Gasteiger partial charge < -0.3 is 14.7 Å². The van der Waals surface area contributed by atoms with E-state index in [1.807, 2.05) is 6.07 Å². The van der Waals surface area contributed by atoms with Gasteiger partial charge in [0.05, 0.1) is 24.6 Å². The van der Waals surface area contributed by atoms with Gasteiger partial charge in [-0.15, -0.1) is 0 Å². The highest BCUT2D eigenvalue weighted by atomic mass is 32.2. The number of hydrogen-bond donors (Lipinski definition) is 2. The molecule has 8 heteroatoms. The molecule has 1 aromatic carbocycles. The van der Waals surface area contributed by atoms with Crippen molar-refractivity contribution in [2.75, 3.05) is 32.0 Å². The number of benzene rings is 1. The van der Waals surface area contributed by atoms with Gasteiger partial charge in [0.15, 0.2) is 0 Å². The quantitative estimate of drug-likeness (QED) is 0.748. The van der Waals surface area contributed by atoms with E-state index >= 15 is 0 Å². The zero-order valence-corrected chi connectivity index (χ0v) is 13.8. The molecule has 0 spiro atoms. The predicted octanol–water partition coefficient (Wildman–Crippen LogP) is -0.172. The molecule has 1 heterocycles. The molecule has 1 aliphatic rings. The second-order valence-corrected chi connectivity index (χ2v) is 7.44. The third kappa shape index (κ3) is 5.58. The Bertz CT molecular complexity index is 618. The number of carbonyl (C=O) groups is 1. The molecule has 1 saturated heterocycles. The highest BCUT2D eigenvalue weighted by Gasteiger charge is 2.28. The van der Waals surface area contributed by atoms with Crippen molar-refractivity contribution in [1.82, 2.24) is 9.62 Å². The number of carbonyl (C=O) groups excluding carboxylic acids is 1. The molecule has 0 saturated carbocycles. The lowest BCUT2D eigenvalue weighted by atomic mass is 10.2. The number of sulfonamides is 1. The SMILES string of the molecule is C[C@@H](O)CNS(=O)(=O)C[C@H]1CN(C(=O)c2ccccc2)CCO1. The summed E-state index contributed by atoms with van der Waals surface area (Å²) >= 11 is 0. The van der Waals surface area contributed by atoms with Crippen LogP contribution in [0.5, 0.6) is 0 Å². The summed E-state index contributed by atoms with van der Waals surface area (Å²) in [6.07, 6.45) is -1.34. The highest BCUT2D eigenvalue weighted by Crippen LogP contribution is 2.12. The summed E-state index contributed by atoms with van der Waals surface area (Å²) in [4.78, 5) is 14.0. The fourth-order valence-electron chi connectivity index (χ4n) is 2.32. The molecular weight excluding hydrogens is 320 g/mol. The molecule has 1 aromatic rings. The Labute approximate surface area is 136 Å². The number of aliphatic hydroxyl groups is 1. The average Bonchev–Trinajstić information content (AvgIpc) is 2.53. The van der Waals surface area contributed by atoms with Gasteiger partial charge >= 0.3 is 0 Å². The highest BCUT2D eigenvalue weighted by molar-refractivity contribution is 7.89. The molecule has 128 valence electrons. The van der Waals surface area contributed by atoms with Crippen LogP contribution < -0.4 is 4.72 Å². The average molecular weight is 342 g/mol. The van der Waals surface area contributed by atoms with Gasteiger partial charge in [0.1, 0.15) is 0 Å². The Morgan fingerprint density at radius 1 is 1.43 bits per heavy atom. The predicted molar refractivity (Wildman–Crippen MR) is 85.6 cm³/mol. The van der Waals surface area contributed by atoms with Crippen molar-refractivity contribution in [3.63, 3.8) is 0 Å².